The van der Waals surface area contributed by atoms with E-state index in [1.165, 1.54) is 12.1 Å². The Balaban J connectivity index is 1.56. The van der Waals surface area contributed by atoms with Gasteiger partial charge in [0.2, 0.25) is 0 Å². The van der Waals surface area contributed by atoms with Crippen LogP contribution in [0.1, 0.15) is 24.1 Å². The molecule has 0 saturated carbocycles. The molecule has 24 heavy (non-hydrogen) atoms. The summed E-state index contributed by atoms with van der Waals surface area (Å²) >= 11 is 0. The number of hydrogen-bond donors (Lipinski definition) is 0. The summed E-state index contributed by atoms with van der Waals surface area (Å²) in [7, 11) is 2.07. The third-order valence-electron chi connectivity index (χ3n) is 4.65. The van der Waals surface area contributed by atoms with Crippen molar-refractivity contribution >= 4 is 5.82 Å². The lowest BCUT2D eigenvalue weighted by molar-refractivity contribution is 0.203. The van der Waals surface area contributed by atoms with Crippen molar-refractivity contribution in [3.05, 3.63) is 53.5 Å². The molecule has 0 spiro atoms. The Morgan fingerprint density at radius 2 is 1.88 bits per heavy atom. The molecule has 0 atom stereocenters. The van der Waals surface area contributed by atoms with Crippen LogP contribution in [0.4, 0.5) is 14.6 Å². The molecule has 0 radical (unpaired) electrons. The Kier molecular flexibility index (Phi) is 5.04. The number of piperidine rings is 1. The average molecular weight is 332 g/mol. The van der Waals surface area contributed by atoms with Crippen LogP contribution in [-0.2, 0) is 6.54 Å². The highest BCUT2D eigenvalue weighted by molar-refractivity contribution is 5.39. The van der Waals surface area contributed by atoms with Crippen molar-refractivity contribution in [1.29, 1.82) is 0 Å². The zero-order valence-electron chi connectivity index (χ0n) is 14.0. The van der Waals surface area contributed by atoms with E-state index < -0.39 is 11.6 Å². The second-order valence-electron chi connectivity index (χ2n) is 6.38. The Labute approximate surface area is 141 Å². The van der Waals surface area contributed by atoms with E-state index in [1.807, 2.05) is 13.0 Å². The van der Waals surface area contributed by atoms with Gasteiger partial charge in [-0.3, -0.25) is 4.90 Å². The van der Waals surface area contributed by atoms with Crippen LogP contribution in [0.5, 0.6) is 0 Å². The van der Waals surface area contributed by atoms with Gasteiger partial charge in [-0.15, -0.1) is 0 Å². The van der Waals surface area contributed by atoms with E-state index in [9.17, 15) is 8.78 Å². The molecule has 4 nitrogen and oxygen atoms in total. The molecule has 0 bridgehead atoms. The summed E-state index contributed by atoms with van der Waals surface area (Å²) in [6.07, 6.45) is 3.63. The van der Waals surface area contributed by atoms with E-state index in [4.69, 9.17) is 0 Å². The van der Waals surface area contributed by atoms with E-state index in [-0.39, 0.29) is 0 Å². The second-order valence-corrected chi connectivity index (χ2v) is 6.38. The first-order valence-corrected chi connectivity index (χ1v) is 8.20. The molecular weight excluding hydrogens is 310 g/mol. The largest absolute Gasteiger partial charge is 0.356 e. The lowest BCUT2D eigenvalue weighted by Gasteiger charge is -2.37. The zero-order valence-corrected chi connectivity index (χ0v) is 14.0. The quantitative estimate of drug-likeness (QED) is 0.861. The molecule has 0 N–H and O–H groups in total. The maximum Gasteiger partial charge on any atom is 0.159 e. The maximum atomic E-state index is 13.3. The van der Waals surface area contributed by atoms with Gasteiger partial charge in [0.25, 0.3) is 0 Å². The maximum absolute atomic E-state index is 13.3. The topological polar surface area (TPSA) is 32.3 Å². The van der Waals surface area contributed by atoms with Gasteiger partial charge < -0.3 is 4.90 Å². The molecule has 1 aliphatic heterocycles. The number of aryl methyl sites for hydroxylation is 1. The van der Waals surface area contributed by atoms with E-state index in [1.54, 1.807) is 12.4 Å². The number of benzene rings is 1. The predicted octanol–water partition coefficient (Wildman–Crippen LogP) is 3.16. The van der Waals surface area contributed by atoms with Crippen molar-refractivity contribution in [3.8, 4) is 0 Å². The highest BCUT2D eigenvalue weighted by Crippen LogP contribution is 2.22. The van der Waals surface area contributed by atoms with Crippen molar-refractivity contribution in [1.82, 2.24) is 14.9 Å². The highest BCUT2D eigenvalue weighted by Gasteiger charge is 2.23. The van der Waals surface area contributed by atoms with Crippen molar-refractivity contribution in [2.75, 3.05) is 25.0 Å². The van der Waals surface area contributed by atoms with Crippen LogP contribution in [0.15, 0.2) is 30.6 Å². The Morgan fingerprint density at radius 1 is 1.12 bits per heavy atom. The summed E-state index contributed by atoms with van der Waals surface area (Å²) in [5.41, 5.74) is 1.77. The van der Waals surface area contributed by atoms with E-state index in [0.29, 0.717) is 12.6 Å². The third-order valence-corrected chi connectivity index (χ3v) is 4.65. The number of hydrogen-bond acceptors (Lipinski definition) is 4. The lowest BCUT2D eigenvalue weighted by atomic mass is 10.0. The van der Waals surface area contributed by atoms with Crippen LogP contribution in [-0.4, -0.2) is 41.0 Å². The molecule has 1 saturated heterocycles. The number of halogens is 2. The fourth-order valence-corrected chi connectivity index (χ4v) is 3.18. The number of rotatable bonds is 4. The molecule has 3 rings (SSSR count). The summed E-state index contributed by atoms with van der Waals surface area (Å²) in [6.45, 7) is 4.47. The van der Waals surface area contributed by atoms with Gasteiger partial charge >= 0.3 is 0 Å². The normalized spacial score (nSPS) is 16.3. The van der Waals surface area contributed by atoms with Crippen LogP contribution >= 0.6 is 0 Å². The van der Waals surface area contributed by atoms with Gasteiger partial charge in [-0.05, 0) is 37.5 Å². The molecule has 6 heteroatoms. The molecular formula is C18H22F2N4. The van der Waals surface area contributed by atoms with Crippen LogP contribution in [0.25, 0.3) is 0 Å². The molecule has 0 amide bonds. The first-order chi connectivity index (χ1) is 11.5. The van der Waals surface area contributed by atoms with Crippen molar-refractivity contribution in [2.45, 2.75) is 32.4 Å². The minimum absolute atomic E-state index is 0.431. The van der Waals surface area contributed by atoms with E-state index in [2.05, 4.69) is 26.8 Å². The summed E-state index contributed by atoms with van der Waals surface area (Å²) < 4.78 is 26.3. The third kappa shape index (κ3) is 3.87. The smallest absolute Gasteiger partial charge is 0.159 e. The fourth-order valence-electron chi connectivity index (χ4n) is 3.18. The van der Waals surface area contributed by atoms with Crippen LogP contribution in [0, 0.1) is 18.6 Å². The number of likely N-dealkylation sites (tertiary alicyclic amines) is 1. The summed E-state index contributed by atoms with van der Waals surface area (Å²) in [5.74, 6) is -0.623. The van der Waals surface area contributed by atoms with Crippen molar-refractivity contribution in [3.63, 3.8) is 0 Å². The van der Waals surface area contributed by atoms with Gasteiger partial charge in [0.1, 0.15) is 12.1 Å². The van der Waals surface area contributed by atoms with Crippen molar-refractivity contribution < 1.29 is 8.78 Å². The molecule has 0 aliphatic carbocycles. The molecule has 2 heterocycles. The van der Waals surface area contributed by atoms with E-state index >= 15 is 0 Å². The van der Waals surface area contributed by atoms with Gasteiger partial charge in [-0.2, -0.15) is 0 Å². The SMILES string of the molecule is Cc1cc(N(C)C2CCN(Cc3ccc(F)c(F)c3)CC2)ncn1. The zero-order chi connectivity index (χ0) is 17.1. The van der Waals surface area contributed by atoms with E-state index in [0.717, 1.165) is 43.0 Å². The fraction of sp³-hybridized carbons (Fsp3) is 0.444. The molecule has 2 aromatic rings. The summed E-state index contributed by atoms with van der Waals surface area (Å²) in [5, 5.41) is 0. The molecule has 1 aromatic heterocycles. The predicted molar refractivity (Wildman–Crippen MR) is 89.8 cm³/mol. The first kappa shape index (κ1) is 16.8. The Morgan fingerprint density at radius 3 is 2.54 bits per heavy atom. The minimum atomic E-state index is -0.792. The minimum Gasteiger partial charge on any atom is -0.356 e. The molecule has 1 fully saturated rings. The van der Waals surface area contributed by atoms with Gasteiger partial charge in [-0.1, -0.05) is 6.07 Å². The molecule has 1 aromatic carbocycles. The Bertz CT molecular complexity index is 699. The number of anilines is 1. The average Bonchev–Trinajstić information content (AvgIpc) is 2.58. The monoisotopic (exact) mass is 332 g/mol. The Hall–Kier alpha value is -2.08. The first-order valence-electron chi connectivity index (χ1n) is 8.20. The molecule has 1 aliphatic rings. The van der Waals surface area contributed by atoms with Crippen LogP contribution < -0.4 is 4.90 Å². The molecule has 0 unspecified atom stereocenters. The second kappa shape index (κ2) is 7.21. The molecule has 128 valence electrons. The lowest BCUT2D eigenvalue weighted by Crippen LogP contribution is -2.43. The standard InChI is InChI=1S/C18H22F2N4/c1-13-9-18(22-12-21-13)23(2)15-5-7-24(8-6-15)11-14-3-4-16(19)17(20)10-14/h3-4,9-10,12,15H,5-8,11H2,1-2H3. The van der Waals surface area contributed by atoms with Gasteiger partial charge in [0.15, 0.2) is 11.6 Å². The van der Waals surface area contributed by atoms with Gasteiger partial charge in [0, 0.05) is 44.5 Å². The van der Waals surface area contributed by atoms with Crippen LogP contribution in [0.3, 0.4) is 0 Å². The summed E-state index contributed by atoms with van der Waals surface area (Å²) in [4.78, 5) is 13.0. The van der Waals surface area contributed by atoms with Crippen molar-refractivity contribution in [2.24, 2.45) is 0 Å². The summed E-state index contributed by atoms with van der Waals surface area (Å²) in [6, 6.07) is 6.56. The number of nitrogens with zero attached hydrogens (tertiary/aromatic N) is 4. The highest BCUT2D eigenvalue weighted by atomic mass is 19.2. The van der Waals surface area contributed by atoms with Crippen LogP contribution in [0.2, 0.25) is 0 Å². The van der Waals surface area contributed by atoms with Gasteiger partial charge in [-0.25, -0.2) is 18.7 Å². The van der Waals surface area contributed by atoms with Gasteiger partial charge in [0.05, 0.1) is 0 Å². The number of aromatic nitrogens is 2.